The molecule has 21 heavy (non-hydrogen) atoms. The molecule has 0 spiro atoms. The number of benzene rings is 1. The average molecular weight is 308 g/mol. The van der Waals surface area contributed by atoms with Crippen molar-refractivity contribution in [2.45, 2.75) is 50.9 Å². The van der Waals surface area contributed by atoms with E-state index in [-0.39, 0.29) is 17.4 Å². The molecule has 0 aliphatic heterocycles. The number of aliphatic hydroxyl groups is 1. The van der Waals surface area contributed by atoms with E-state index in [1.807, 2.05) is 0 Å². The van der Waals surface area contributed by atoms with E-state index in [0.29, 0.717) is 6.42 Å². The molecule has 0 saturated carbocycles. The predicted molar refractivity (Wildman–Crippen MR) is 90.0 cm³/mol. The molecule has 0 bridgehead atoms. The lowest BCUT2D eigenvalue weighted by atomic mass is 9.91. The highest BCUT2D eigenvalue weighted by atomic mass is 28.4. The Kier molecular flexibility index (Phi) is 5.42. The molecule has 3 nitrogen and oxygen atoms in total. The lowest BCUT2D eigenvalue weighted by molar-refractivity contribution is -0.0117. The first-order chi connectivity index (χ1) is 9.52. The van der Waals surface area contributed by atoms with Crippen LogP contribution in [0.15, 0.2) is 36.9 Å². The van der Waals surface area contributed by atoms with Crippen LogP contribution in [-0.2, 0) is 10.0 Å². The molecule has 0 fully saturated rings. The third-order valence-electron chi connectivity index (χ3n) is 4.36. The number of rotatable bonds is 6. The molecule has 0 radical (unpaired) electrons. The van der Waals surface area contributed by atoms with Crippen molar-refractivity contribution >= 4 is 8.32 Å². The number of hydrogen-bond donors (Lipinski definition) is 2. The van der Waals surface area contributed by atoms with Crippen molar-refractivity contribution in [3.63, 3.8) is 0 Å². The third-order valence-corrected chi connectivity index (χ3v) is 8.84. The van der Waals surface area contributed by atoms with E-state index >= 15 is 0 Å². The molecular formula is C17H28O3Si. The first-order valence-electron chi connectivity index (χ1n) is 7.28. The van der Waals surface area contributed by atoms with Gasteiger partial charge in [-0.2, -0.15) is 0 Å². The summed E-state index contributed by atoms with van der Waals surface area (Å²) < 4.78 is 6.17. The van der Waals surface area contributed by atoms with Crippen molar-refractivity contribution in [3.05, 3.63) is 42.5 Å². The van der Waals surface area contributed by atoms with Crippen LogP contribution in [0.2, 0.25) is 18.1 Å². The molecule has 0 amide bonds. The second kappa shape index (κ2) is 6.34. The van der Waals surface area contributed by atoms with Gasteiger partial charge in [0.05, 0.1) is 6.61 Å². The first kappa shape index (κ1) is 17.9. The fourth-order valence-corrected chi connectivity index (χ4v) is 2.82. The van der Waals surface area contributed by atoms with Crippen LogP contribution in [0.1, 0.15) is 32.8 Å². The van der Waals surface area contributed by atoms with Crippen molar-refractivity contribution in [2.24, 2.45) is 0 Å². The van der Waals surface area contributed by atoms with E-state index in [1.165, 1.54) is 0 Å². The van der Waals surface area contributed by atoms with E-state index in [2.05, 4.69) is 40.4 Å². The van der Waals surface area contributed by atoms with Gasteiger partial charge in [-0.05, 0) is 35.8 Å². The minimum absolute atomic E-state index is 0.0943. The van der Waals surface area contributed by atoms with Crippen LogP contribution >= 0.6 is 0 Å². The second-order valence-electron chi connectivity index (χ2n) is 7.12. The van der Waals surface area contributed by atoms with Gasteiger partial charge in [-0.15, -0.1) is 6.58 Å². The molecule has 1 aromatic rings. The predicted octanol–water partition coefficient (Wildman–Crippen LogP) is 4.18. The summed E-state index contributed by atoms with van der Waals surface area (Å²) in [4.78, 5) is 0. The largest absolute Gasteiger partial charge is 0.508 e. The van der Waals surface area contributed by atoms with Gasteiger partial charge in [-0.1, -0.05) is 39.0 Å². The zero-order valence-corrected chi connectivity index (χ0v) is 14.8. The molecule has 118 valence electrons. The zero-order valence-electron chi connectivity index (χ0n) is 13.8. The standard InChI is InChI=1S/C17H28O3Si/c1-7-12-17(19,14-8-10-15(18)11-9-14)13-20-21(5,6)16(2,3)4/h7-11,18-19H,1,12-13H2,2-6H3. The quantitative estimate of drug-likeness (QED) is 0.612. The zero-order chi connectivity index (χ0) is 16.3. The first-order valence-corrected chi connectivity index (χ1v) is 10.2. The summed E-state index contributed by atoms with van der Waals surface area (Å²) in [7, 11) is -1.93. The summed E-state index contributed by atoms with van der Waals surface area (Å²) >= 11 is 0. The third kappa shape index (κ3) is 4.43. The number of aromatic hydroxyl groups is 1. The Balaban J connectivity index is 2.96. The normalized spacial score (nSPS) is 15.5. The SMILES string of the molecule is C=CCC(O)(CO[Si](C)(C)C(C)(C)C)c1ccc(O)cc1. The minimum Gasteiger partial charge on any atom is -0.508 e. The maximum Gasteiger partial charge on any atom is 0.192 e. The van der Waals surface area contributed by atoms with Gasteiger partial charge in [0.1, 0.15) is 11.4 Å². The lowest BCUT2D eigenvalue weighted by Gasteiger charge is -2.39. The molecule has 0 heterocycles. The van der Waals surface area contributed by atoms with Crippen LogP contribution < -0.4 is 0 Å². The van der Waals surface area contributed by atoms with Crippen molar-refractivity contribution < 1.29 is 14.6 Å². The molecule has 0 aliphatic carbocycles. The highest BCUT2D eigenvalue weighted by Crippen LogP contribution is 2.38. The summed E-state index contributed by atoms with van der Waals surface area (Å²) in [5, 5.41) is 20.4. The molecule has 1 rings (SSSR count). The summed E-state index contributed by atoms with van der Waals surface area (Å²) in [6, 6.07) is 6.62. The van der Waals surface area contributed by atoms with Crippen molar-refractivity contribution in [2.75, 3.05) is 6.61 Å². The van der Waals surface area contributed by atoms with Gasteiger partial charge in [0.2, 0.25) is 0 Å². The van der Waals surface area contributed by atoms with Crippen molar-refractivity contribution in [1.82, 2.24) is 0 Å². The van der Waals surface area contributed by atoms with Crippen LogP contribution in [0.5, 0.6) is 5.75 Å². The molecule has 0 saturated heterocycles. The summed E-state index contributed by atoms with van der Waals surface area (Å²) in [6.45, 7) is 14.8. The van der Waals surface area contributed by atoms with E-state index in [9.17, 15) is 10.2 Å². The number of phenols is 1. The van der Waals surface area contributed by atoms with Gasteiger partial charge in [0.15, 0.2) is 8.32 Å². The van der Waals surface area contributed by atoms with Crippen LogP contribution in [0.3, 0.4) is 0 Å². The van der Waals surface area contributed by atoms with Gasteiger partial charge >= 0.3 is 0 Å². The minimum atomic E-state index is -1.93. The molecule has 1 atom stereocenters. The maximum absolute atomic E-state index is 10.9. The van der Waals surface area contributed by atoms with E-state index in [4.69, 9.17) is 4.43 Å². The molecule has 1 aromatic carbocycles. The van der Waals surface area contributed by atoms with Crippen LogP contribution in [0.4, 0.5) is 0 Å². The fourth-order valence-electron chi connectivity index (χ4n) is 1.79. The van der Waals surface area contributed by atoms with Crippen LogP contribution in [0.25, 0.3) is 0 Å². The van der Waals surface area contributed by atoms with E-state index in [1.54, 1.807) is 30.3 Å². The summed E-state index contributed by atoms with van der Waals surface area (Å²) in [6.07, 6.45) is 2.11. The molecule has 1 unspecified atom stereocenters. The van der Waals surface area contributed by atoms with Gasteiger partial charge < -0.3 is 14.6 Å². The Morgan fingerprint density at radius 2 is 1.71 bits per heavy atom. The van der Waals surface area contributed by atoms with Crippen molar-refractivity contribution in [3.8, 4) is 5.75 Å². The van der Waals surface area contributed by atoms with Crippen molar-refractivity contribution in [1.29, 1.82) is 0 Å². The van der Waals surface area contributed by atoms with Gasteiger partial charge in [-0.25, -0.2) is 0 Å². The molecule has 0 aliphatic rings. The van der Waals surface area contributed by atoms with Gasteiger partial charge in [-0.3, -0.25) is 0 Å². The van der Waals surface area contributed by atoms with Gasteiger partial charge in [0.25, 0.3) is 0 Å². The summed E-state index contributed by atoms with van der Waals surface area (Å²) in [5.41, 5.74) is -0.371. The average Bonchev–Trinajstić information content (AvgIpc) is 2.36. The Hall–Kier alpha value is -1.10. The maximum atomic E-state index is 10.9. The summed E-state index contributed by atoms with van der Waals surface area (Å²) in [5.74, 6) is 0.185. The topological polar surface area (TPSA) is 49.7 Å². The smallest absolute Gasteiger partial charge is 0.192 e. The fraction of sp³-hybridized carbons (Fsp3) is 0.529. The Morgan fingerprint density at radius 1 is 1.19 bits per heavy atom. The van der Waals surface area contributed by atoms with E-state index in [0.717, 1.165) is 5.56 Å². The molecule has 2 N–H and O–H groups in total. The Bertz CT molecular complexity index is 474. The van der Waals surface area contributed by atoms with Gasteiger partial charge in [0, 0.05) is 6.42 Å². The number of phenolic OH excluding ortho intramolecular Hbond substituents is 1. The van der Waals surface area contributed by atoms with E-state index < -0.39 is 13.9 Å². The highest BCUT2D eigenvalue weighted by molar-refractivity contribution is 6.74. The lowest BCUT2D eigenvalue weighted by Crippen LogP contribution is -2.45. The second-order valence-corrected chi connectivity index (χ2v) is 11.9. The molecule has 0 aromatic heterocycles. The Morgan fingerprint density at radius 3 is 2.14 bits per heavy atom. The highest BCUT2D eigenvalue weighted by Gasteiger charge is 2.40. The van der Waals surface area contributed by atoms with Crippen LogP contribution in [0, 0.1) is 0 Å². The monoisotopic (exact) mass is 308 g/mol. The molecule has 4 heteroatoms. The van der Waals surface area contributed by atoms with Crippen LogP contribution in [-0.4, -0.2) is 25.1 Å². The number of hydrogen-bond acceptors (Lipinski definition) is 3. The molecular weight excluding hydrogens is 280 g/mol. The Labute approximate surface area is 129 Å².